The minimum absolute atomic E-state index is 0.118. The summed E-state index contributed by atoms with van der Waals surface area (Å²) in [5, 5.41) is 3.17. The molecule has 1 aromatic rings. The van der Waals surface area contributed by atoms with Gasteiger partial charge in [-0.15, -0.1) is 0 Å². The number of benzene rings is 1. The summed E-state index contributed by atoms with van der Waals surface area (Å²) in [7, 11) is 1.49. The Labute approximate surface area is 117 Å². The van der Waals surface area contributed by atoms with Crippen LogP contribution in [0.5, 0.6) is 5.75 Å². The van der Waals surface area contributed by atoms with Gasteiger partial charge in [0.25, 0.3) is 0 Å². The number of hydrogen-bond acceptors (Lipinski definition) is 5. The Bertz CT molecular complexity index is 510. The highest BCUT2D eigenvalue weighted by Gasteiger charge is 2.20. The fraction of sp³-hybridized carbons (Fsp3) is 0.429. The number of nitrogen functional groups attached to an aromatic ring is 1. The van der Waals surface area contributed by atoms with Crippen LogP contribution in [0.1, 0.15) is 16.8 Å². The van der Waals surface area contributed by atoms with Crippen molar-refractivity contribution in [1.82, 2.24) is 10.2 Å². The first-order chi connectivity index (χ1) is 9.61. The van der Waals surface area contributed by atoms with Crippen LogP contribution in [0.25, 0.3) is 0 Å². The van der Waals surface area contributed by atoms with Crippen LogP contribution >= 0.6 is 0 Å². The summed E-state index contributed by atoms with van der Waals surface area (Å²) in [5.41, 5.74) is 6.61. The number of Topliss-reactive ketones (excluding diaryl/α,β-unsaturated/α-hetero) is 1. The normalized spacial score (nSPS) is 14.9. The van der Waals surface area contributed by atoms with E-state index in [0.717, 1.165) is 13.1 Å². The lowest BCUT2D eigenvalue weighted by molar-refractivity contribution is -0.130. The molecule has 0 atom stereocenters. The molecule has 1 amide bonds. The lowest BCUT2D eigenvalue weighted by Crippen LogP contribution is -2.46. The van der Waals surface area contributed by atoms with E-state index >= 15 is 0 Å². The van der Waals surface area contributed by atoms with Gasteiger partial charge in [-0.05, 0) is 18.2 Å². The zero-order valence-electron chi connectivity index (χ0n) is 11.5. The molecule has 2 rings (SSSR count). The van der Waals surface area contributed by atoms with Crippen LogP contribution in [0, 0.1) is 0 Å². The Kier molecular flexibility index (Phi) is 4.57. The Hall–Kier alpha value is -2.08. The van der Waals surface area contributed by atoms with E-state index in [2.05, 4.69) is 5.32 Å². The summed E-state index contributed by atoms with van der Waals surface area (Å²) in [6.45, 7) is 2.85. The highest BCUT2D eigenvalue weighted by atomic mass is 16.5. The van der Waals surface area contributed by atoms with Crippen LogP contribution < -0.4 is 15.8 Å². The number of piperazine rings is 1. The molecule has 0 bridgehead atoms. The molecule has 108 valence electrons. The van der Waals surface area contributed by atoms with Gasteiger partial charge >= 0.3 is 0 Å². The molecule has 6 nitrogen and oxygen atoms in total. The summed E-state index contributed by atoms with van der Waals surface area (Å²) >= 11 is 0. The molecule has 0 aromatic heterocycles. The number of rotatable bonds is 4. The molecule has 1 fully saturated rings. The number of hydrogen-bond donors (Lipinski definition) is 2. The highest BCUT2D eigenvalue weighted by molar-refractivity contribution is 6.07. The van der Waals surface area contributed by atoms with Gasteiger partial charge in [0.1, 0.15) is 5.75 Å². The molecule has 6 heteroatoms. The summed E-state index contributed by atoms with van der Waals surface area (Å²) in [5.74, 6) is 0.101. The van der Waals surface area contributed by atoms with E-state index in [1.54, 1.807) is 23.1 Å². The third-order valence-corrected chi connectivity index (χ3v) is 3.34. The maximum Gasteiger partial charge on any atom is 0.230 e. The average Bonchev–Trinajstić information content (AvgIpc) is 2.48. The lowest BCUT2D eigenvalue weighted by atomic mass is 10.1. The predicted molar refractivity (Wildman–Crippen MR) is 75.8 cm³/mol. The van der Waals surface area contributed by atoms with Crippen LogP contribution in [0.2, 0.25) is 0 Å². The molecule has 1 aliphatic heterocycles. The number of amides is 1. The summed E-state index contributed by atoms with van der Waals surface area (Å²) < 4.78 is 5.08. The highest BCUT2D eigenvalue weighted by Crippen LogP contribution is 2.23. The maximum atomic E-state index is 12.1. The summed E-state index contributed by atoms with van der Waals surface area (Å²) in [6.07, 6.45) is -0.118. The van der Waals surface area contributed by atoms with E-state index in [1.165, 1.54) is 7.11 Å². The van der Waals surface area contributed by atoms with Gasteiger partial charge in [-0.25, -0.2) is 0 Å². The number of ether oxygens (including phenoxy) is 1. The van der Waals surface area contributed by atoms with Crippen molar-refractivity contribution in [3.05, 3.63) is 23.8 Å². The van der Waals surface area contributed by atoms with Crippen molar-refractivity contribution in [2.45, 2.75) is 6.42 Å². The molecule has 0 radical (unpaired) electrons. The van der Waals surface area contributed by atoms with E-state index in [4.69, 9.17) is 10.5 Å². The standard InChI is InChI=1S/C14H19N3O3/c1-20-13-8-10(2-3-11(13)15)12(18)9-14(19)17-6-4-16-5-7-17/h2-3,8,16H,4-7,9,15H2,1H3. The number of nitrogens with one attached hydrogen (secondary N) is 1. The molecule has 0 unspecified atom stereocenters. The largest absolute Gasteiger partial charge is 0.495 e. The van der Waals surface area contributed by atoms with E-state index in [0.29, 0.717) is 30.1 Å². The third-order valence-electron chi connectivity index (χ3n) is 3.34. The van der Waals surface area contributed by atoms with Crippen molar-refractivity contribution >= 4 is 17.4 Å². The van der Waals surface area contributed by atoms with Crippen LogP contribution in [-0.2, 0) is 4.79 Å². The average molecular weight is 277 g/mol. The van der Waals surface area contributed by atoms with Crippen LogP contribution in [0.4, 0.5) is 5.69 Å². The molecule has 0 saturated carbocycles. The number of ketones is 1. The molecule has 3 N–H and O–H groups in total. The molecule has 1 aliphatic rings. The van der Waals surface area contributed by atoms with Gasteiger partial charge in [0.15, 0.2) is 5.78 Å². The molecule has 0 aliphatic carbocycles. The molecular formula is C14H19N3O3. The molecule has 0 spiro atoms. The first-order valence-electron chi connectivity index (χ1n) is 6.57. The van der Waals surface area contributed by atoms with Crippen molar-refractivity contribution in [3.63, 3.8) is 0 Å². The van der Waals surface area contributed by atoms with Crippen molar-refractivity contribution in [1.29, 1.82) is 0 Å². The zero-order valence-corrected chi connectivity index (χ0v) is 11.5. The molecule has 1 aromatic carbocycles. The Balaban J connectivity index is 2.02. The molecule has 1 saturated heterocycles. The van der Waals surface area contributed by atoms with Crippen LogP contribution in [0.15, 0.2) is 18.2 Å². The van der Waals surface area contributed by atoms with Crippen LogP contribution in [-0.4, -0.2) is 49.9 Å². The zero-order chi connectivity index (χ0) is 14.5. The second-order valence-electron chi connectivity index (χ2n) is 4.69. The summed E-state index contributed by atoms with van der Waals surface area (Å²) in [4.78, 5) is 25.9. The van der Waals surface area contributed by atoms with E-state index in [9.17, 15) is 9.59 Å². The minimum Gasteiger partial charge on any atom is -0.495 e. The number of nitrogens with two attached hydrogens (primary N) is 1. The Morgan fingerprint density at radius 2 is 2.05 bits per heavy atom. The maximum absolute atomic E-state index is 12.1. The van der Waals surface area contributed by atoms with Gasteiger partial charge in [-0.1, -0.05) is 0 Å². The summed E-state index contributed by atoms with van der Waals surface area (Å²) in [6, 6.07) is 4.80. The van der Waals surface area contributed by atoms with Gasteiger partial charge in [0, 0.05) is 31.7 Å². The van der Waals surface area contributed by atoms with Crippen molar-refractivity contribution in [2.24, 2.45) is 0 Å². The fourth-order valence-corrected chi connectivity index (χ4v) is 2.15. The minimum atomic E-state index is -0.216. The first-order valence-corrected chi connectivity index (χ1v) is 6.57. The SMILES string of the molecule is COc1cc(C(=O)CC(=O)N2CCNCC2)ccc1N. The monoisotopic (exact) mass is 277 g/mol. The number of methoxy groups -OCH3 is 1. The Morgan fingerprint density at radius 1 is 1.35 bits per heavy atom. The van der Waals surface area contributed by atoms with E-state index in [1.807, 2.05) is 0 Å². The van der Waals surface area contributed by atoms with Gasteiger partial charge in [-0.3, -0.25) is 9.59 Å². The topological polar surface area (TPSA) is 84.7 Å². The molecule has 1 heterocycles. The third kappa shape index (κ3) is 3.27. The number of carbonyl (C=O) groups is 2. The second kappa shape index (κ2) is 6.38. The second-order valence-corrected chi connectivity index (χ2v) is 4.69. The van der Waals surface area contributed by atoms with Gasteiger partial charge < -0.3 is 20.7 Å². The molecular weight excluding hydrogens is 258 g/mol. The quantitative estimate of drug-likeness (QED) is 0.469. The van der Waals surface area contributed by atoms with E-state index < -0.39 is 0 Å². The first kappa shape index (κ1) is 14.3. The van der Waals surface area contributed by atoms with Crippen molar-refractivity contribution in [3.8, 4) is 5.75 Å². The lowest BCUT2D eigenvalue weighted by Gasteiger charge is -2.27. The smallest absolute Gasteiger partial charge is 0.230 e. The molecule has 20 heavy (non-hydrogen) atoms. The van der Waals surface area contributed by atoms with Crippen molar-refractivity contribution in [2.75, 3.05) is 39.0 Å². The Morgan fingerprint density at radius 3 is 2.70 bits per heavy atom. The predicted octanol–water partition coefficient (Wildman–Crippen LogP) is 0.282. The number of carbonyl (C=O) groups excluding carboxylic acids is 2. The van der Waals surface area contributed by atoms with E-state index in [-0.39, 0.29) is 18.1 Å². The van der Waals surface area contributed by atoms with Gasteiger partial charge in [0.05, 0.1) is 19.2 Å². The van der Waals surface area contributed by atoms with Crippen LogP contribution in [0.3, 0.4) is 0 Å². The fourth-order valence-electron chi connectivity index (χ4n) is 2.15. The number of anilines is 1. The number of nitrogens with zero attached hydrogens (tertiary/aromatic N) is 1. The van der Waals surface area contributed by atoms with Crippen molar-refractivity contribution < 1.29 is 14.3 Å². The van der Waals surface area contributed by atoms with Gasteiger partial charge in [0.2, 0.25) is 5.91 Å². The van der Waals surface area contributed by atoms with Gasteiger partial charge in [-0.2, -0.15) is 0 Å².